The summed E-state index contributed by atoms with van der Waals surface area (Å²) in [4.78, 5) is 0.781. The van der Waals surface area contributed by atoms with Gasteiger partial charge in [0, 0.05) is 12.3 Å². The summed E-state index contributed by atoms with van der Waals surface area (Å²) in [6.45, 7) is 3.87. The first kappa shape index (κ1) is 13.2. The van der Waals surface area contributed by atoms with Gasteiger partial charge in [-0.1, -0.05) is 19.1 Å². The zero-order valence-electron chi connectivity index (χ0n) is 9.86. The van der Waals surface area contributed by atoms with Crippen molar-refractivity contribution in [3.8, 4) is 5.75 Å². The second-order valence-corrected chi connectivity index (χ2v) is 4.99. The van der Waals surface area contributed by atoms with Gasteiger partial charge < -0.3 is 10.1 Å². The van der Waals surface area contributed by atoms with Crippen molar-refractivity contribution in [2.45, 2.75) is 18.2 Å². The Morgan fingerprint density at radius 1 is 1.31 bits per heavy atom. The summed E-state index contributed by atoms with van der Waals surface area (Å²) >= 11 is 0. The van der Waals surface area contributed by atoms with Gasteiger partial charge in [-0.15, -0.1) is 0 Å². The lowest BCUT2D eigenvalue weighted by atomic mass is 10.3. The highest BCUT2D eigenvalue weighted by atomic mass is 32.2. The van der Waals surface area contributed by atoms with Gasteiger partial charge in [-0.05, 0) is 25.1 Å². The molecule has 0 saturated heterocycles. The molecule has 1 unspecified atom stereocenters. The molecule has 0 heterocycles. The molecule has 0 spiro atoms. The minimum atomic E-state index is -0.986. The van der Waals surface area contributed by atoms with Gasteiger partial charge in [-0.3, -0.25) is 4.21 Å². The van der Waals surface area contributed by atoms with Crippen LogP contribution in [0.4, 0.5) is 0 Å². The molecule has 1 aromatic carbocycles. The summed E-state index contributed by atoms with van der Waals surface area (Å²) in [7, 11) is 0.617. The molecule has 0 bridgehead atoms. The van der Waals surface area contributed by atoms with Crippen LogP contribution in [0.25, 0.3) is 0 Å². The van der Waals surface area contributed by atoms with E-state index in [9.17, 15) is 4.21 Å². The maximum absolute atomic E-state index is 12.0. The third-order valence-electron chi connectivity index (χ3n) is 2.21. The molecule has 0 aliphatic rings. The summed E-state index contributed by atoms with van der Waals surface area (Å²) in [5.74, 6) is 1.33. The van der Waals surface area contributed by atoms with Crippen molar-refractivity contribution >= 4 is 10.8 Å². The van der Waals surface area contributed by atoms with E-state index in [1.807, 2.05) is 24.3 Å². The van der Waals surface area contributed by atoms with Gasteiger partial charge in [-0.2, -0.15) is 0 Å². The Kier molecular flexibility index (Phi) is 6.11. The number of hydrogen-bond acceptors (Lipinski definition) is 3. The Balaban J connectivity index is 2.52. The maximum atomic E-state index is 12.0. The van der Waals surface area contributed by atoms with Crippen LogP contribution in [0.15, 0.2) is 29.2 Å². The zero-order chi connectivity index (χ0) is 11.8. The van der Waals surface area contributed by atoms with E-state index in [-0.39, 0.29) is 0 Å². The van der Waals surface area contributed by atoms with Crippen molar-refractivity contribution in [1.29, 1.82) is 0 Å². The fraction of sp³-hybridized carbons (Fsp3) is 0.500. The van der Waals surface area contributed by atoms with E-state index in [0.29, 0.717) is 11.5 Å². The average molecular weight is 241 g/mol. The highest BCUT2D eigenvalue weighted by Gasteiger charge is 2.08. The first-order valence-corrected chi connectivity index (χ1v) is 6.83. The molecule has 1 rings (SSSR count). The first-order chi connectivity index (χ1) is 7.79. The lowest BCUT2D eigenvalue weighted by molar-refractivity contribution is 0.404. The monoisotopic (exact) mass is 241 g/mol. The number of nitrogens with one attached hydrogen (secondary N) is 1. The molecule has 0 aromatic heterocycles. The number of hydrogen-bond donors (Lipinski definition) is 1. The van der Waals surface area contributed by atoms with Gasteiger partial charge in [-0.25, -0.2) is 0 Å². The van der Waals surface area contributed by atoms with Crippen molar-refractivity contribution in [2.75, 3.05) is 26.0 Å². The van der Waals surface area contributed by atoms with Crippen LogP contribution in [0.5, 0.6) is 5.75 Å². The van der Waals surface area contributed by atoms with Gasteiger partial charge in [0.05, 0.1) is 22.8 Å². The molecule has 4 heteroatoms. The van der Waals surface area contributed by atoms with E-state index in [4.69, 9.17) is 4.74 Å². The number of para-hydroxylation sites is 1. The van der Waals surface area contributed by atoms with Crippen LogP contribution in [0.2, 0.25) is 0 Å². The Bertz CT molecular complexity index is 342. The highest BCUT2D eigenvalue weighted by Crippen LogP contribution is 2.20. The SMILES string of the molecule is CCCNCCS(=O)c1ccccc1OC. The summed E-state index contributed by atoms with van der Waals surface area (Å²) in [6, 6.07) is 7.46. The van der Waals surface area contributed by atoms with E-state index in [2.05, 4.69) is 12.2 Å². The number of ether oxygens (including phenoxy) is 1. The molecule has 1 aromatic rings. The van der Waals surface area contributed by atoms with E-state index < -0.39 is 10.8 Å². The maximum Gasteiger partial charge on any atom is 0.134 e. The van der Waals surface area contributed by atoms with Crippen LogP contribution >= 0.6 is 0 Å². The molecule has 0 aliphatic heterocycles. The minimum absolute atomic E-state index is 0.625. The summed E-state index contributed by atoms with van der Waals surface area (Å²) < 4.78 is 17.2. The van der Waals surface area contributed by atoms with Crippen LogP contribution in [0, 0.1) is 0 Å². The topological polar surface area (TPSA) is 38.3 Å². The Morgan fingerprint density at radius 2 is 2.06 bits per heavy atom. The molecule has 0 amide bonds. The second kappa shape index (κ2) is 7.41. The van der Waals surface area contributed by atoms with Gasteiger partial charge in [0.1, 0.15) is 5.75 Å². The van der Waals surface area contributed by atoms with Crippen molar-refractivity contribution in [2.24, 2.45) is 0 Å². The smallest absolute Gasteiger partial charge is 0.134 e. The number of methoxy groups -OCH3 is 1. The lowest BCUT2D eigenvalue weighted by Crippen LogP contribution is -2.21. The van der Waals surface area contributed by atoms with Crippen molar-refractivity contribution in [1.82, 2.24) is 5.32 Å². The highest BCUT2D eigenvalue weighted by molar-refractivity contribution is 7.85. The Labute approximate surface area is 99.7 Å². The summed E-state index contributed by atoms with van der Waals surface area (Å²) in [6.07, 6.45) is 1.10. The van der Waals surface area contributed by atoms with E-state index in [1.54, 1.807) is 7.11 Å². The summed E-state index contributed by atoms with van der Waals surface area (Å²) in [5.41, 5.74) is 0. The first-order valence-electron chi connectivity index (χ1n) is 5.51. The molecule has 0 saturated carbocycles. The zero-order valence-corrected chi connectivity index (χ0v) is 10.7. The van der Waals surface area contributed by atoms with E-state index >= 15 is 0 Å². The van der Waals surface area contributed by atoms with Gasteiger partial charge >= 0.3 is 0 Å². The van der Waals surface area contributed by atoms with Gasteiger partial charge in [0.15, 0.2) is 0 Å². The van der Waals surface area contributed by atoms with E-state index in [1.165, 1.54) is 0 Å². The molecular formula is C12H19NO2S. The normalized spacial score (nSPS) is 12.4. The molecule has 1 N–H and O–H groups in total. The molecule has 1 atom stereocenters. The van der Waals surface area contributed by atoms with Crippen molar-refractivity contribution < 1.29 is 8.95 Å². The third-order valence-corrected chi connectivity index (χ3v) is 3.61. The predicted molar refractivity (Wildman–Crippen MR) is 67.4 cm³/mol. The van der Waals surface area contributed by atoms with E-state index in [0.717, 1.165) is 24.4 Å². The van der Waals surface area contributed by atoms with Crippen LogP contribution in [-0.4, -0.2) is 30.2 Å². The van der Waals surface area contributed by atoms with Gasteiger partial charge in [0.25, 0.3) is 0 Å². The lowest BCUT2D eigenvalue weighted by Gasteiger charge is -2.08. The third kappa shape index (κ3) is 3.94. The fourth-order valence-corrected chi connectivity index (χ4v) is 2.54. The summed E-state index contributed by atoms with van der Waals surface area (Å²) in [5, 5.41) is 3.24. The minimum Gasteiger partial charge on any atom is -0.495 e. The Hall–Kier alpha value is -0.870. The molecule has 0 aliphatic carbocycles. The Morgan fingerprint density at radius 3 is 2.75 bits per heavy atom. The van der Waals surface area contributed by atoms with Crippen LogP contribution in [0.3, 0.4) is 0 Å². The van der Waals surface area contributed by atoms with Crippen LogP contribution in [0.1, 0.15) is 13.3 Å². The van der Waals surface area contributed by atoms with Crippen molar-refractivity contribution in [3.05, 3.63) is 24.3 Å². The average Bonchev–Trinajstić information content (AvgIpc) is 2.34. The van der Waals surface area contributed by atoms with Crippen LogP contribution < -0.4 is 10.1 Å². The molecule has 90 valence electrons. The molecular weight excluding hydrogens is 222 g/mol. The number of benzene rings is 1. The van der Waals surface area contributed by atoms with Crippen LogP contribution in [-0.2, 0) is 10.8 Å². The van der Waals surface area contributed by atoms with Crippen molar-refractivity contribution in [3.63, 3.8) is 0 Å². The standard InChI is InChI=1S/C12H19NO2S/c1-3-8-13-9-10-16(14)12-7-5-4-6-11(12)15-2/h4-7,13H,3,8-10H2,1-2H3. The number of rotatable bonds is 7. The molecule has 16 heavy (non-hydrogen) atoms. The molecule has 0 fully saturated rings. The predicted octanol–water partition coefficient (Wildman–Crippen LogP) is 1.80. The fourth-order valence-electron chi connectivity index (χ4n) is 1.38. The molecule has 3 nitrogen and oxygen atoms in total. The largest absolute Gasteiger partial charge is 0.495 e. The second-order valence-electron chi connectivity index (χ2n) is 3.45. The quantitative estimate of drug-likeness (QED) is 0.740. The molecule has 0 radical (unpaired) electrons. The van der Waals surface area contributed by atoms with Gasteiger partial charge in [0.2, 0.25) is 0 Å².